The summed E-state index contributed by atoms with van der Waals surface area (Å²) in [4.78, 5) is 27.4. The summed E-state index contributed by atoms with van der Waals surface area (Å²) in [5.41, 5.74) is 3.00. The summed E-state index contributed by atoms with van der Waals surface area (Å²) >= 11 is 0. The first-order chi connectivity index (χ1) is 21.7. The van der Waals surface area contributed by atoms with Crippen LogP contribution in [0.2, 0.25) is 0 Å². The van der Waals surface area contributed by atoms with Crippen molar-refractivity contribution >= 4 is 27.3 Å². The van der Waals surface area contributed by atoms with Gasteiger partial charge in [0, 0.05) is 29.6 Å². The second-order valence-corrected chi connectivity index (χ2v) is 12.0. The molecule has 5 rings (SSSR count). The van der Waals surface area contributed by atoms with E-state index in [-0.39, 0.29) is 18.0 Å². The number of sulfonamides is 1. The Bertz CT molecular complexity index is 1870. The molecule has 1 aliphatic rings. The van der Waals surface area contributed by atoms with Crippen LogP contribution >= 0.6 is 0 Å². The zero-order valence-electron chi connectivity index (χ0n) is 25.0. The number of anilines is 2. The fourth-order valence-electron chi connectivity index (χ4n) is 4.65. The van der Waals surface area contributed by atoms with Crippen molar-refractivity contribution in [2.75, 3.05) is 31.4 Å². The average Bonchev–Trinajstić information content (AvgIpc) is 3.03. The zero-order valence-corrected chi connectivity index (χ0v) is 25.8. The average molecular weight is 631 g/mol. The highest BCUT2D eigenvalue weighted by Crippen LogP contribution is 2.29. The lowest BCUT2D eigenvalue weighted by Gasteiger charge is -2.35. The number of carbonyl (C=O) groups excluding carboxylic acids is 1. The van der Waals surface area contributed by atoms with E-state index < -0.39 is 27.8 Å². The summed E-state index contributed by atoms with van der Waals surface area (Å²) in [5.74, 6) is 0.682. The maximum absolute atomic E-state index is 13.8. The molecule has 13 heteroatoms. The molecule has 1 heterocycles. The molecule has 0 saturated heterocycles. The molecule has 4 aromatic rings. The second-order valence-electron chi connectivity index (χ2n) is 10.3. The van der Waals surface area contributed by atoms with Crippen LogP contribution in [0.25, 0.3) is 0 Å². The summed E-state index contributed by atoms with van der Waals surface area (Å²) < 4.78 is 41.1. The van der Waals surface area contributed by atoms with E-state index in [1.54, 1.807) is 63.6 Å². The van der Waals surface area contributed by atoms with Gasteiger partial charge in [-0.05, 0) is 42.8 Å². The van der Waals surface area contributed by atoms with Crippen molar-refractivity contribution in [3.05, 3.63) is 113 Å². The number of rotatable bonds is 13. The van der Waals surface area contributed by atoms with Gasteiger partial charge in [-0.2, -0.15) is 10.2 Å². The smallest absolute Gasteiger partial charge is 0.242 e. The number of amides is 1. The first-order valence-electron chi connectivity index (χ1n) is 14.0. The van der Waals surface area contributed by atoms with Crippen LogP contribution in [0.15, 0.2) is 112 Å². The van der Waals surface area contributed by atoms with E-state index in [0.717, 1.165) is 5.56 Å². The molecule has 2 atom stereocenters. The van der Waals surface area contributed by atoms with Gasteiger partial charge in [0.25, 0.3) is 0 Å². The van der Waals surface area contributed by atoms with Crippen molar-refractivity contribution < 1.29 is 27.5 Å². The zero-order chi connectivity index (χ0) is 31.9. The Hall–Kier alpha value is -4.82. The highest BCUT2D eigenvalue weighted by atomic mass is 32.2. The molecule has 0 spiro atoms. The second kappa shape index (κ2) is 13.9. The largest absolute Gasteiger partial charge is 0.497 e. The SMILES string of the molecule is COc1cc(NC2N=c3ccccc3=NC2(C)NS(=O)(=O)c2cccc(NC(=O)CNOCc3ccccc3)c2)cc(OC)c1. The summed E-state index contributed by atoms with van der Waals surface area (Å²) in [6.45, 7) is 1.80. The summed E-state index contributed by atoms with van der Waals surface area (Å²) in [5, 5.41) is 7.11. The van der Waals surface area contributed by atoms with Crippen molar-refractivity contribution in [2.45, 2.75) is 30.3 Å². The summed E-state index contributed by atoms with van der Waals surface area (Å²) in [6, 6.07) is 27.9. The van der Waals surface area contributed by atoms with Crippen molar-refractivity contribution in [3.63, 3.8) is 0 Å². The van der Waals surface area contributed by atoms with Crippen LogP contribution in [0.3, 0.4) is 0 Å². The van der Waals surface area contributed by atoms with Crippen LogP contribution in [0.1, 0.15) is 12.5 Å². The van der Waals surface area contributed by atoms with Crippen molar-refractivity contribution in [3.8, 4) is 11.5 Å². The number of methoxy groups -OCH3 is 2. The van der Waals surface area contributed by atoms with Crippen molar-refractivity contribution in [1.29, 1.82) is 0 Å². The van der Waals surface area contributed by atoms with Gasteiger partial charge in [0.2, 0.25) is 15.9 Å². The Morgan fingerprint density at radius 2 is 1.53 bits per heavy atom. The molecular weight excluding hydrogens is 596 g/mol. The van der Waals surface area contributed by atoms with Gasteiger partial charge >= 0.3 is 0 Å². The van der Waals surface area contributed by atoms with Crippen molar-refractivity contribution in [2.24, 2.45) is 9.98 Å². The predicted octanol–water partition coefficient (Wildman–Crippen LogP) is 2.75. The fraction of sp³-hybridized carbons (Fsp3) is 0.219. The molecule has 234 valence electrons. The number of nitrogens with zero attached hydrogens (tertiary/aromatic N) is 2. The normalized spacial score (nSPS) is 17.3. The third kappa shape index (κ3) is 8.02. The minimum atomic E-state index is -4.17. The Kier molecular flexibility index (Phi) is 9.74. The highest BCUT2D eigenvalue weighted by Gasteiger charge is 2.40. The van der Waals surface area contributed by atoms with Crippen LogP contribution in [0, 0.1) is 0 Å². The number of hydroxylamine groups is 1. The maximum Gasteiger partial charge on any atom is 0.242 e. The molecule has 2 unspecified atom stereocenters. The fourth-order valence-corrected chi connectivity index (χ4v) is 6.01. The molecule has 0 bridgehead atoms. The lowest BCUT2D eigenvalue weighted by molar-refractivity contribution is -0.118. The van der Waals surface area contributed by atoms with Gasteiger partial charge in [0.05, 0.1) is 36.4 Å². The number of hydrogen-bond donors (Lipinski definition) is 4. The molecule has 4 N–H and O–H groups in total. The molecule has 0 aromatic heterocycles. The molecule has 45 heavy (non-hydrogen) atoms. The molecule has 4 aromatic carbocycles. The van der Waals surface area contributed by atoms with Gasteiger partial charge in [0.15, 0.2) is 11.8 Å². The standard InChI is InChI=1S/C32H34N6O6S/c1-32(31(36-28-14-7-8-15-29(28)37-32)35-24-16-25(42-2)19-26(17-24)43-3)38-45(40,41)27-13-9-12-23(18-27)34-30(39)20-33-44-21-22-10-5-4-6-11-22/h4-19,31,33,35,38H,20-21H2,1-3H3,(H,34,39). The van der Waals surface area contributed by atoms with Crippen molar-refractivity contribution in [1.82, 2.24) is 10.2 Å². The number of para-hydroxylation sites is 2. The van der Waals surface area contributed by atoms with E-state index in [1.165, 1.54) is 12.1 Å². The number of ether oxygens (including phenoxy) is 2. The molecule has 0 aliphatic carbocycles. The summed E-state index contributed by atoms with van der Waals surface area (Å²) in [7, 11) is -1.08. The Balaban J connectivity index is 1.33. The van der Waals surface area contributed by atoms with Gasteiger partial charge in [-0.3, -0.25) is 19.6 Å². The van der Waals surface area contributed by atoms with Crippen LogP contribution in [-0.4, -0.2) is 46.9 Å². The third-order valence-corrected chi connectivity index (χ3v) is 8.43. The molecule has 0 saturated carbocycles. The van der Waals surface area contributed by atoms with Crippen LogP contribution in [-0.2, 0) is 26.3 Å². The van der Waals surface area contributed by atoms with E-state index in [4.69, 9.17) is 24.3 Å². The Labute approximate surface area is 261 Å². The molecule has 12 nitrogen and oxygen atoms in total. The minimum absolute atomic E-state index is 0.0642. The molecular formula is C32H34N6O6S. The Morgan fingerprint density at radius 3 is 2.24 bits per heavy atom. The maximum atomic E-state index is 13.8. The lowest BCUT2D eigenvalue weighted by atomic mass is 10.1. The monoisotopic (exact) mass is 630 g/mol. The van der Waals surface area contributed by atoms with E-state index in [9.17, 15) is 13.2 Å². The number of carbonyl (C=O) groups is 1. The first-order valence-corrected chi connectivity index (χ1v) is 15.5. The predicted molar refractivity (Wildman–Crippen MR) is 169 cm³/mol. The Morgan fingerprint density at radius 1 is 0.844 bits per heavy atom. The van der Waals surface area contributed by atoms with Gasteiger partial charge in [-0.15, -0.1) is 0 Å². The topological polar surface area (TPSA) is 152 Å². The van der Waals surface area contributed by atoms with E-state index in [0.29, 0.717) is 33.6 Å². The van der Waals surface area contributed by atoms with Gasteiger partial charge < -0.3 is 20.1 Å². The number of benzene rings is 4. The molecule has 0 radical (unpaired) electrons. The van der Waals surface area contributed by atoms with Gasteiger partial charge in [-0.25, -0.2) is 8.42 Å². The van der Waals surface area contributed by atoms with E-state index >= 15 is 0 Å². The summed E-state index contributed by atoms with van der Waals surface area (Å²) in [6.07, 6.45) is -0.858. The quantitative estimate of drug-likeness (QED) is 0.130. The number of nitrogens with one attached hydrogen (secondary N) is 4. The molecule has 1 amide bonds. The number of fused-ring (bicyclic) bond motifs is 1. The highest BCUT2D eigenvalue weighted by molar-refractivity contribution is 7.89. The third-order valence-electron chi connectivity index (χ3n) is 6.88. The van der Waals surface area contributed by atoms with Crippen LogP contribution in [0.4, 0.5) is 11.4 Å². The van der Waals surface area contributed by atoms with Gasteiger partial charge in [0.1, 0.15) is 18.0 Å². The van der Waals surface area contributed by atoms with E-state index in [1.807, 2.05) is 42.5 Å². The molecule has 1 aliphatic heterocycles. The van der Waals surface area contributed by atoms with Crippen LogP contribution < -0.4 is 41.0 Å². The van der Waals surface area contributed by atoms with Crippen LogP contribution in [0.5, 0.6) is 11.5 Å². The van der Waals surface area contributed by atoms with E-state index in [2.05, 4.69) is 20.8 Å². The first kappa shape index (κ1) is 31.6. The lowest BCUT2D eigenvalue weighted by Crippen LogP contribution is -2.59. The minimum Gasteiger partial charge on any atom is -0.497 e. The number of hydrogen-bond acceptors (Lipinski definition) is 10. The van der Waals surface area contributed by atoms with Gasteiger partial charge in [-0.1, -0.05) is 48.5 Å². The molecule has 0 fully saturated rings.